The van der Waals surface area contributed by atoms with E-state index in [2.05, 4.69) is 20.6 Å². The van der Waals surface area contributed by atoms with Gasteiger partial charge in [-0.25, -0.2) is 13.8 Å². The van der Waals surface area contributed by atoms with E-state index in [1.807, 2.05) is 0 Å². The third-order valence-electron chi connectivity index (χ3n) is 4.02. The minimum Gasteiger partial charge on any atom is -0.485 e. The number of anilines is 1. The van der Waals surface area contributed by atoms with Crippen molar-refractivity contribution in [3.05, 3.63) is 46.9 Å². The lowest BCUT2D eigenvalue weighted by atomic mass is 10.2. The Balaban J connectivity index is 2.02. The van der Waals surface area contributed by atoms with Crippen molar-refractivity contribution in [1.29, 1.82) is 0 Å². The summed E-state index contributed by atoms with van der Waals surface area (Å²) in [6.07, 6.45) is 1.36. The number of ether oxygens (including phenoxy) is 1. The van der Waals surface area contributed by atoms with Gasteiger partial charge in [0.05, 0.1) is 18.4 Å². The molecule has 0 radical (unpaired) electrons. The number of aryl methyl sites for hydroxylation is 2. The third kappa shape index (κ3) is 7.06. The van der Waals surface area contributed by atoms with Crippen molar-refractivity contribution in [2.75, 3.05) is 11.9 Å². The number of hydrogen-bond acceptors (Lipinski definition) is 5. The van der Waals surface area contributed by atoms with Gasteiger partial charge in [0.1, 0.15) is 11.6 Å². The molecular formula is C21H26F2N4O3. The molecule has 0 saturated carbocycles. The molecule has 7 nitrogen and oxygen atoms in total. The summed E-state index contributed by atoms with van der Waals surface area (Å²) < 4.78 is 31.0. The van der Waals surface area contributed by atoms with Gasteiger partial charge in [-0.15, -0.1) is 0 Å². The van der Waals surface area contributed by atoms with Crippen LogP contribution in [0.5, 0.6) is 5.75 Å². The highest BCUT2D eigenvalue weighted by molar-refractivity contribution is 5.97. The number of hydrogen-bond donors (Lipinski definition) is 2. The summed E-state index contributed by atoms with van der Waals surface area (Å²) in [4.78, 5) is 32.8. The van der Waals surface area contributed by atoms with Crippen molar-refractivity contribution in [2.24, 2.45) is 5.92 Å². The van der Waals surface area contributed by atoms with Crippen molar-refractivity contribution in [3.8, 4) is 5.75 Å². The summed E-state index contributed by atoms with van der Waals surface area (Å²) in [6.45, 7) is 7.15. The summed E-state index contributed by atoms with van der Waals surface area (Å²) in [5.41, 5.74) is 2.13. The fourth-order valence-electron chi connectivity index (χ4n) is 2.46. The van der Waals surface area contributed by atoms with Gasteiger partial charge >= 0.3 is 0 Å². The predicted octanol–water partition coefficient (Wildman–Crippen LogP) is 3.65. The van der Waals surface area contributed by atoms with Gasteiger partial charge in [0.25, 0.3) is 11.8 Å². The second kappa shape index (κ2) is 9.60. The maximum atomic E-state index is 12.9. The van der Waals surface area contributed by atoms with Gasteiger partial charge in [0, 0.05) is 24.1 Å². The molecule has 0 aliphatic rings. The van der Waals surface area contributed by atoms with Crippen LogP contribution in [0, 0.1) is 19.8 Å². The largest absolute Gasteiger partial charge is 0.485 e. The van der Waals surface area contributed by atoms with Gasteiger partial charge in [-0.05, 0) is 37.6 Å². The van der Waals surface area contributed by atoms with Gasteiger partial charge in [-0.2, -0.15) is 0 Å². The second-order valence-corrected chi connectivity index (χ2v) is 7.51. The first-order chi connectivity index (χ1) is 13.9. The van der Waals surface area contributed by atoms with E-state index in [1.54, 1.807) is 39.8 Å². The van der Waals surface area contributed by atoms with Crippen LogP contribution in [-0.2, 0) is 11.3 Å². The lowest BCUT2D eigenvalue weighted by Crippen LogP contribution is -2.25. The molecule has 0 spiro atoms. The van der Waals surface area contributed by atoms with Crippen LogP contribution >= 0.6 is 0 Å². The Hall–Kier alpha value is -3.10. The molecule has 0 aliphatic carbocycles. The van der Waals surface area contributed by atoms with Crippen molar-refractivity contribution < 1.29 is 23.1 Å². The molecule has 30 heavy (non-hydrogen) atoms. The molecule has 0 aliphatic heterocycles. The molecule has 162 valence electrons. The third-order valence-corrected chi connectivity index (χ3v) is 4.02. The van der Waals surface area contributed by atoms with Crippen molar-refractivity contribution >= 4 is 17.6 Å². The van der Waals surface area contributed by atoms with Gasteiger partial charge in [-0.1, -0.05) is 13.8 Å². The van der Waals surface area contributed by atoms with Crippen molar-refractivity contribution in [2.45, 2.75) is 47.1 Å². The Morgan fingerprint density at radius 3 is 2.50 bits per heavy atom. The summed E-state index contributed by atoms with van der Waals surface area (Å²) >= 11 is 0. The quantitative estimate of drug-likeness (QED) is 0.680. The number of pyridine rings is 2. The van der Waals surface area contributed by atoms with Crippen LogP contribution in [0.3, 0.4) is 0 Å². The van der Waals surface area contributed by atoms with Gasteiger partial charge in [0.15, 0.2) is 6.61 Å². The molecule has 2 rings (SSSR count). The van der Waals surface area contributed by atoms with Gasteiger partial charge in [0.2, 0.25) is 5.91 Å². The second-order valence-electron chi connectivity index (χ2n) is 7.51. The average Bonchev–Trinajstić information content (AvgIpc) is 2.64. The fraction of sp³-hybridized carbons (Fsp3) is 0.429. The van der Waals surface area contributed by atoms with Crippen LogP contribution in [0.25, 0.3) is 0 Å². The highest BCUT2D eigenvalue weighted by atomic mass is 19.3. The van der Waals surface area contributed by atoms with E-state index < -0.39 is 12.5 Å². The number of rotatable bonds is 8. The monoisotopic (exact) mass is 420 g/mol. The molecule has 2 aromatic rings. The van der Waals surface area contributed by atoms with E-state index in [1.165, 1.54) is 12.3 Å². The zero-order valence-corrected chi connectivity index (χ0v) is 17.7. The number of aromatic nitrogens is 2. The number of amides is 2. The molecule has 0 unspecified atom stereocenters. The van der Waals surface area contributed by atoms with E-state index in [0.717, 1.165) is 6.92 Å². The Morgan fingerprint density at radius 2 is 1.90 bits per heavy atom. The number of carbonyl (C=O) groups is 2. The fourth-order valence-corrected chi connectivity index (χ4v) is 2.46. The molecule has 0 fully saturated rings. The van der Waals surface area contributed by atoms with Crippen LogP contribution in [0.2, 0.25) is 0 Å². The molecule has 0 saturated heterocycles. The molecule has 0 bridgehead atoms. The molecule has 0 atom stereocenters. The molecule has 9 heteroatoms. The first-order valence-corrected chi connectivity index (χ1v) is 9.48. The van der Waals surface area contributed by atoms with Gasteiger partial charge < -0.3 is 15.4 Å². The average molecular weight is 420 g/mol. The van der Waals surface area contributed by atoms with E-state index >= 15 is 0 Å². The van der Waals surface area contributed by atoms with E-state index in [4.69, 9.17) is 4.74 Å². The maximum Gasteiger partial charge on any atom is 0.278 e. The van der Waals surface area contributed by atoms with E-state index in [-0.39, 0.29) is 30.0 Å². The summed E-state index contributed by atoms with van der Waals surface area (Å²) in [7, 11) is 0. The lowest BCUT2D eigenvalue weighted by Gasteiger charge is -2.14. The lowest BCUT2D eigenvalue weighted by molar-refractivity contribution is -0.118. The topological polar surface area (TPSA) is 93.2 Å². The Morgan fingerprint density at radius 1 is 1.20 bits per heavy atom. The smallest absolute Gasteiger partial charge is 0.278 e. The van der Waals surface area contributed by atoms with Crippen LogP contribution in [0.4, 0.5) is 14.6 Å². The molecule has 2 heterocycles. The van der Waals surface area contributed by atoms with E-state index in [9.17, 15) is 18.4 Å². The predicted molar refractivity (Wildman–Crippen MR) is 109 cm³/mol. The van der Waals surface area contributed by atoms with E-state index in [0.29, 0.717) is 28.3 Å². The molecular weight excluding hydrogens is 394 g/mol. The number of halogens is 2. The zero-order valence-electron chi connectivity index (χ0n) is 17.7. The van der Waals surface area contributed by atoms with Crippen LogP contribution in [0.15, 0.2) is 24.4 Å². The Kier molecular flexibility index (Phi) is 7.42. The zero-order chi connectivity index (χ0) is 22.5. The van der Waals surface area contributed by atoms with Gasteiger partial charge in [-0.3, -0.25) is 14.6 Å². The molecule has 2 aromatic heterocycles. The molecule has 2 amide bonds. The Bertz CT molecular complexity index is 927. The standard InChI is InChI=1S/C21H26F2N4O3/c1-12(2)19(28)27-18-8-15(7-14(4)26-18)20(29)25-9-16-6-13(3)17(10-24-16)30-11-21(5,22)23/h6-8,10,12H,9,11H2,1-5H3,(H,25,29)(H,26,27,28). The summed E-state index contributed by atoms with van der Waals surface area (Å²) in [6, 6.07) is 4.78. The first-order valence-electron chi connectivity index (χ1n) is 9.48. The normalized spacial score (nSPS) is 11.3. The highest BCUT2D eigenvalue weighted by Crippen LogP contribution is 2.20. The number of carbonyl (C=O) groups excluding carboxylic acids is 2. The number of nitrogens with one attached hydrogen (secondary N) is 2. The first kappa shape index (κ1) is 23.2. The highest BCUT2D eigenvalue weighted by Gasteiger charge is 2.22. The van der Waals surface area contributed by atoms with Crippen molar-refractivity contribution in [1.82, 2.24) is 15.3 Å². The summed E-state index contributed by atoms with van der Waals surface area (Å²) in [5.74, 6) is -3.12. The van der Waals surface area contributed by atoms with Crippen molar-refractivity contribution in [3.63, 3.8) is 0 Å². The molecule has 0 aromatic carbocycles. The van der Waals surface area contributed by atoms with Crippen LogP contribution < -0.4 is 15.4 Å². The SMILES string of the molecule is Cc1cc(C(=O)NCc2cc(C)c(OCC(C)(F)F)cn2)cc(NC(=O)C(C)C)n1. The minimum absolute atomic E-state index is 0.138. The number of nitrogens with zero attached hydrogens (tertiary/aromatic N) is 2. The van der Waals surface area contributed by atoms with Crippen LogP contribution in [-0.4, -0.2) is 34.3 Å². The maximum absolute atomic E-state index is 12.9. The van der Waals surface area contributed by atoms with Crippen LogP contribution in [0.1, 0.15) is 48.1 Å². The minimum atomic E-state index is -2.94. The number of alkyl halides is 2. The summed E-state index contributed by atoms with van der Waals surface area (Å²) in [5, 5.41) is 5.42. The Labute approximate surface area is 174 Å². The molecule has 2 N–H and O–H groups in total.